The van der Waals surface area contributed by atoms with Crippen LogP contribution in [0.5, 0.6) is 0 Å². The van der Waals surface area contributed by atoms with Gasteiger partial charge in [-0.05, 0) is 56.8 Å². The Kier molecular flexibility index (Phi) is 12.7. The molecule has 2 nitrogen and oxygen atoms in total. The number of carbonyl (C=O) groups excluding carboxylic acids is 1. The van der Waals surface area contributed by atoms with Gasteiger partial charge in [-0.1, -0.05) is 64.0 Å². The number of alkyl halides is 1. The van der Waals surface area contributed by atoms with E-state index in [1.807, 2.05) is 0 Å². The molecule has 0 bridgehead atoms. The molecular formula is C22H39FO2. The monoisotopic (exact) mass is 354 g/mol. The molecule has 0 aliphatic heterocycles. The number of hydrogen-bond donors (Lipinski definition) is 0. The van der Waals surface area contributed by atoms with Gasteiger partial charge in [0.15, 0.2) is 6.17 Å². The Morgan fingerprint density at radius 1 is 1.12 bits per heavy atom. The molecule has 0 aromatic carbocycles. The molecule has 0 spiro atoms. The van der Waals surface area contributed by atoms with Gasteiger partial charge in [-0.2, -0.15) is 0 Å². The standard InChI is InChI=1S/C22H39FO2/c1-3-4-5-6-7-8-10-14-19-16-13-17-20(19)15-11-9-12-18-21(23)22(24)25-2/h10,14,19-21H,3-9,11-13,15-18H2,1-2H3/t19-,20+,21-/m0/s1. The van der Waals surface area contributed by atoms with Crippen LogP contribution in [0.25, 0.3) is 0 Å². The Labute approximate surface area is 154 Å². The van der Waals surface area contributed by atoms with Crippen LogP contribution in [-0.2, 0) is 9.53 Å². The number of unbranched alkanes of at least 4 members (excludes halogenated alkanes) is 7. The minimum absolute atomic E-state index is 0.304. The van der Waals surface area contributed by atoms with E-state index in [1.165, 1.54) is 71.3 Å². The van der Waals surface area contributed by atoms with Gasteiger partial charge in [0, 0.05) is 0 Å². The fourth-order valence-corrected chi connectivity index (χ4v) is 3.97. The molecule has 0 unspecified atom stereocenters. The van der Waals surface area contributed by atoms with Crippen molar-refractivity contribution in [3.63, 3.8) is 0 Å². The Balaban J connectivity index is 2.09. The zero-order chi connectivity index (χ0) is 18.3. The fourth-order valence-electron chi connectivity index (χ4n) is 3.97. The molecule has 3 heteroatoms. The van der Waals surface area contributed by atoms with Gasteiger partial charge in [0.2, 0.25) is 0 Å². The topological polar surface area (TPSA) is 26.3 Å². The molecule has 1 aliphatic carbocycles. The molecule has 0 radical (unpaired) electrons. The second-order valence-electron chi connectivity index (χ2n) is 7.61. The maximum absolute atomic E-state index is 13.4. The van der Waals surface area contributed by atoms with E-state index in [4.69, 9.17) is 0 Å². The third-order valence-electron chi connectivity index (χ3n) is 5.56. The summed E-state index contributed by atoms with van der Waals surface area (Å²) in [5.41, 5.74) is 0. The number of halogens is 1. The summed E-state index contributed by atoms with van der Waals surface area (Å²) in [4.78, 5) is 11.0. The van der Waals surface area contributed by atoms with Crippen molar-refractivity contribution in [2.75, 3.05) is 7.11 Å². The van der Waals surface area contributed by atoms with E-state index in [1.54, 1.807) is 0 Å². The zero-order valence-electron chi connectivity index (χ0n) is 16.5. The van der Waals surface area contributed by atoms with E-state index in [0.29, 0.717) is 6.42 Å². The first-order valence-electron chi connectivity index (χ1n) is 10.6. The van der Waals surface area contributed by atoms with Gasteiger partial charge in [0.05, 0.1) is 7.11 Å². The molecule has 0 amide bonds. The zero-order valence-corrected chi connectivity index (χ0v) is 16.5. The number of ether oxygens (including phenoxy) is 1. The average Bonchev–Trinajstić information content (AvgIpc) is 3.07. The number of methoxy groups -OCH3 is 1. The molecule has 25 heavy (non-hydrogen) atoms. The van der Waals surface area contributed by atoms with Gasteiger partial charge in [-0.15, -0.1) is 0 Å². The first kappa shape index (κ1) is 22.2. The highest BCUT2D eigenvalue weighted by Gasteiger charge is 2.24. The number of rotatable bonds is 14. The molecule has 0 N–H and O–H groups in total. The van der Waals surface area contributed by atoms with E-state index in [2.05, 4.69) is 23.8 Å². The maximum atomic E-state index is 13.4. The average molecular weight is 355 g/mol. The molecule has 1 aliphatic rings. The number of carbonyl (C=O) groups is 1. The summed E-state index contributed by atoms with van der Waals surface area (Å²) in [6.45, 7) is 2.26. The van der Waals surface area contributed by atoms with Gasteiger partial charge in [0.1, 0.15) is 0 Å². The van der Waals surface area contributed by atoms with E-state index in [9.17, 15) is 9.18 Å². The van der Waals surface area contributed by atoms with Crippen molar-refractivity contribution in [1.82, 2.24) is 0 Å². The fraction of sp³-hybridized carbons (Fsp3) is 0.864. The van der Waals surface area contributed by atoms with Gasteiger partial charge in [-0.3, -0.25) is 0 Å². The smallest absolute Gasteiger partial charge is 0.340 e. The van der Waals surface area contributed by atoms with E-state index >= 15 is 0 Å². The Morgan fingerprint density at radius 3 is 2.64 bits per heavy atom. The van der Waals surface area contributed by atoms with Crippen LogP contribution in [0.3, 0.4) is 0 Å². The molecule has 1 saturated carbocycles. The maximum Gasteiger partial charge on any atom is 0.340 e. The molecule has 3 atom stereocenters. The van der Waals surface area contributed by atoms with Crippen LogP contribution in [0, 0.1) is 11.8 Å². The predicted octanol–water partition coefficient (Wildman–Crippen LogP) is 6.78. The second-order valence-corrected chi connectivity index (χ2v) is 7.61. The summed E-state index contributed by atoms with van der Waals surface area (Å²) in [7, 11) is 1.24. The molecule has 0 aromatic heterocycles. The van der Waals surface area contributed by atoms with Crippen molar-refractivity contribution >= 4 is 5.97 Å². The molecule has 0 aromatic rings. The number of allylic oxidation sites excluding steroid dienone is 2. The lowest BCUT2D eigenvalue weighted by molar-refractivity contribution is -0.146. The lowest BCUT2D eigenvalue weighted by Gasteiger charge is -2.16. The van der Waals surface area contributed by atoms with Crippen molar-refractivity contribution in [2.24, 2.45) is 11.8 Å². The molecule has 146 valence electrons. The van der Waals surface area contributed by atoms with E-state index < -0.39 is 12.1 Å². The SMILES string of the molecule is CCCCCCCC=C[C@H]1CCC[C@H]1CCCCC[C@H](F)C(=O)OC. The Hall–Kier alpha value is -0.860. The van der Waals surface area contributed by atoms with Crippen molar-refractivity contribution in [3.05, 3.63) is 12.2 Å². The van der Waals surface area contributed by atoms with Crippen LogP contribution in [0.15, 0.2) is 12.2 Å². The molecule has 0 heterocycles. The van der Waals surface area contributed by atoms with Crippen molar-refractivity contribution in [1.29, 1.82) is 0 Å². The third kappa shape index (κ3) is 10.0. The van der Waals surface area contributed by atoms with Crippen molar-refractivity contribution in [2.45, 2.75) is 103 Å². The van der Waals surface area contributed by atoms with E-state index in [0.717, 1.165) is 31.1 Å². The van der Waals surface area contributed by atoms with Crippen LogP contribution >= 0.6 is 0 Å². The largest absolute Gasteiger partial charge is 0.467 e. The third-order valence-corrected chi connectivity index (χ3v) is 5.56. The first-order valence-corrected chi connectivity index (χ1v) is 10.6. The van der Waals surface area contributed by atoms with E-state index in [-0.39, 0.29) is 0 Å². The highest BCUT2D eigenvalue weighted by molar-refractivity contribution is 5.74. The minimum atomic E-state index is -1.44. The second kappa shape index (κ2) is 14.3. The van der Waals surface area contributed by atoms with Crippen LogP contribution in [-0.4, -0.2) is 19.3 Å². The number of esters is 1. The van der Waals surface area contributed by atoms with Crippen LogP contribution in [0.1, 0.15) is 96.8 Å². The number of hydrogen-bond acceptors (Lipinski definition) is 2. The molecular weight excluding hydrogens is 315 g/mol. The van der Waals surface area contributed by atoms with Gasteiger partial charge < -0.3 is 4.74 Å². The lowest BCUT2D eigenvalue weighted by atomic mass is 9.90. The van der Waals surface area contributed by atoms with Crippen molar-refractivity contribution < 1.29 is 13.9 Å². The summed E-state index contributed by atoms with van der Waals surface area (Å²) in [5.74, 6) is 0.855. The van der Waals surface area contributed by atoms with Gasteiger partial charge in [0.25, 0.3) is 0 Å². The Bertz CT molecular complexity index is 367. The molecule has 0 saturated heterocycles. The highest BCUT2D eigenvalue weighted by atomic mass is 19.1. The predicted molar refractivity (Wildman–Crippen MR) is 103 cm³/mol. The summed E-state index contributed by atoms with van der Waals surface area (Å²) in [6, 6.07) is 0. The molecule has 1 fully saturated rings. The highest BCUT2D eigenvalue weighted by Crippen LogP contribution is 2.36. The summed E-state index contributed by atoms with van der Waals surface area (Å²) >= 11 is 0. The summed E-state index contributed by atoms with van der Waals surface area (Å²) in [6.07, 6.45) is 20.0. The summed E-state index contributed by atoms with van der Waals surface area (Å²) in [5, 5.41) is 0. The van der Waals surface area contributed by atoms with Crippen molar-refractivity contribution in [3.8, 4) is 0 Å². The normalized spacial score (nSPS) is 21.7. The van der Waals surface area contributed by atoms with Crippen LogP contribution < -0.4 is 0 Å². The first-order chi connectivity index (χ1) is 12.2. The molecule has 1 rings (SSSR count). The van der Waals surface area contributed by atoms with Gasteiger partial charge in [-0.25, -0.2) is 9.18 Å². The van der Waals surface area contributed by atoms with Crippen LogP contribution in [0.4, 0.5) is 4.39 Å². The quantitative estimate of drug-likeness (QED) is 0.195. The summed E-state index contributed by atoms with van der Waals surface area (Å²) < 4.78 is 17.8. The van der Waals surface area contributed by atoms with Crippen LogP contribution in [0.2, 0.25) is 0 Å². The lowest BCUT2D eigenvalue weighted by Crippen LogP contribution is -2.16. The Morgan fingerprint density at radius 2 is 1.88 bits per heavy atom. The minimum Gasteiger partial charge on any atom is -0.467 e. The van der Waals surface area contributed by atoms with Gasteiger partial charge >= 0.3 is 5.97 Å².